The molecule has 1 aliphatic carbocycles. The van der Waals surface area contributed by atoms with Crippen LogP contribution in [0.5, 0.6) is 5.75 Å². The Hall–Kier alpha value is -7.10. The van der Waals surface area contributed by atoms with E-state index in [1.54, 1.807) is 0 Å². The number of ether oxygens (including phenoxy) is 1. The van der Waals surface area contributed by atoms with Gasteiger partial charge in [-0.15, -0.1) is 0 Å². The van der Waals surface area contributed by atoms with E-state index in [1.165, 1.54) is 44.1 Å². The van der Waals surface area contributed by atoms with E-state index >= 15 is 0 Å². The van der Waals surface area contributed by atoms with Crippen molar-refractivity contribution < 1.29 is 4.74 Å². The molecule has 10 rings (SSSR count). The van der Waals surface area contributed by atoms with E-state index in [4.69, 9.17) is 4.74 Å². The van der Waals surface area contributed by atoms with Gasteiger partial charge < -0.3 is 14.2 Å². The molecule has 0 saturated carbocycles. The number of allylic oxidation sites excluding steroid dienone is 11. The summed E-state index contributed by atoms with van der Waals surface area (Å²) < 4.78 is 9.03. The van der Waals surface area contributed by atoms with Crippen molar-refractivity contribution in [2.75, 3.05) is 4.90 Å². The van der Waals surface area contributed by atoms with Gasteiger partial charge in [0.05, 0.1) is 22.4 Å². The van der Waals surface area contributed by atoms with Gasteiger partial charge in [-0.05, 0) is 133 Å². The van der Waals surface area contributed by atoms with Crippen LogP contribution in [0.3, 0.4) is 0 Å². The lowest BCUT2D eigenvalue weighted by atomic mass is 9.94. The van der Waals surface area contributed by atoms with Crippen LogP contribution in [-0.2, 0) is 6.42 Å². The third-order valence-electron chi connectivity index (χ3n) is 11.3. The Morgan fingerprint density at radius 3 is 2.10 bits per heavy atom. The van der Waals surface area contributed by atoms with Crippen molar-refractivity contribution in [3.05, 3.63) is 229 Å². The summed E-state index contributed by atoms with van der Waals surface area (Å²) >= 11 is 0. The SMILES string of the molecule is C=C1/C=C\C=C/N(c2cc(C)cc(C3=CC=CCC3)c2)c2ccc(-c3ccc4c(c3)c3ccccc3n4/C3=C/C=C\Cc4ccccc4OC3C)cc21.CC.CC.c1ccccc1. The van der Waals surface area contributed by atoms with Crippen LogP contribution >= 0.6 is 0 Å². The molecule has 316 valence electrons. The number of aryl methyl sites for hydroxylation is 1. The molecule has 0 bridgehead atoms. The number of nitrogens with zero attached hydrogens (tertiary/aromatic N) is 2. The van der Waals surface area contributed by atoms with Gasteiger partial charge in [-0.25, -0.2) is 0 Å². The van der Waals surface area contributed by atoms with Gasteiger partial charge in [-0.1, -0.05) is 168 Å². The molecule has 3 heteroatoms. The minimum atomic E-state index is -0.164. The molecular formula is C60H60N2O. The van der Waals surface area contributed by atoms with Crippen LogP contribution < -0.4 is 9.64 Å². The first-order valence-electron chi connectivity index (χ1n) is 22.6. The number of aromatic nitrogens is 1. The number of rotatable bonds is 4. The second kappa shape index (κ2) is 21.1. The largest absolute Gasteiger partial charge is 0.484 e. The smallest absolute Gasteiger partial charge is 0.136 e. The summed E-state index contributed by atoms with van der Waals surface area (Å²) in [6, 6.07) is 49.6. The maximum atomic E-state index is 6.65. The Balaban J connectivity index is 0.000000538. The predicted octanol–water partition coefficient (Wildman–Crippen LogP) is 16.9. The molecule has 6 aromatic carbocycles. The minimum absolute atomic E-state index is 0.164. The zero-order valence-corrected chi connectivity index (χ0v) is 37.8. The van der Waals surface area contributed by atoms with Gasteiger partial charge in [0.25, 0.3) is 0 Å². The molecule has 7 aromatic rings. The number of hydrogen-bond acceptors (Lipinski definition) is 2. The third kappa shape index (κ3) is 9.85. The van der Waals surface area contributed by atoms with Crippen LogP contribution in [0.1, 0.15) is 69.7 Å². The lowest BCUT2D eigenvalue weighted by molar-refractivity contribution is 0.271. The predicted molar refractivity (Wildman–Crippen MR) is 275 cm³/mol. The Bertz CT molecular complexity index is 2850. The second-order valence-corrected chi connectivity index (χ2v) is 15.4. The van der Waals surface area contributed by atoms with Crippen LogP contribution in [-0.4, -0.2) is 10.7 Å². The van der Waals surface area contributed by atoms with E-state index in [9.17, 15) is 0 Å². The third-order valence-corrected chi connectivity index (χ3v) is 11.3. The van der Waals surface area contributed by atoms with Crippen LogP contribution in [0, 0.1) is 6.92 Å². The molecule has 0 radical (unpaired) electrons. The van der Waals surface area contributed by atoms with Gasteiger partial charge >= 0.3 is 0 Å². The monoisotopic (exact) mass is 824 g/mol. The van der Waals surface area contributed by atoms with E-state index in [1.807, 2.05) is 64.1 Å². The lowest BCUT2D eigenvalue weighted by Crippen LogP contribution is -2.18. The summed E-state index contributed by atoms with van der Waals surface area (Å²) in [6.07, 6.45) is 24.6. The number of fused-ring (bicyclic) bond motifs is 5. The fraction of sp³-hybridized carbons (Fsp3) is 0.167. The van der Waals surface area contributed by atoms with E-state index < -0.39 is 0 Å². The van der Waals surface area contributed by atoms with Gasteiger partial charge in [0, 0.05) is 28.2 Å². The topological polar surface area (TPSA) is 17.4 Å². The highest BCUT2D eigenvalue weighted by atomic mass is 16.5. The van der Waals surface area contributed by atoms with Crippen molar-refractivity contribution in [1.82, 2.24) is 4.57 Å². The molecule has 1 aromatic heterocycles. The van der Waals surface area contributed by atoms with E-state index in [0.29, 0.717) is 0 Å². The molecule has 0 fully saturated rings. The minimum Gasteiger partial charge on any atom is -0.484 e. The first-order valence-corrected chi connectivity index (χ1v) is 22.6. The average molecular weight is 825 g/mol. The van der Waals surface area contributed by atoms with Crippen molar-refractivity contribution in [2.45, 2.75) is 66.9 Å². The molecule has 0 N–H and O–H groups in total. The van der Waals surface area contributed by atoms with Crippen molar-refractivity contribution in [2.24, 2.45) is 0 Å². The van der Waals surface area contributed by atoms with E-state index in [2.05, 4.69) is 194 Å². The van der Waals surface area contributed by atoms with Gasteiger partial charge in [-0.2, -0.15) is 0 Å². The summed E-state index contributed by atoms with van der Waals surface area (Å²) in [6.45, 7) is 16.9. The second-order valence-electron chi connectivity index (χ2n) is 15.4. The fourth-order valence-electron chi connectivity index (χ4n) is 8.42. The maximum Gasteiger partial charge on any atom is 0.136 e. The van der Waals surface area contributed by atoms with Crippen LogP contribution in [0.2, 0.25) is 0 Å². The van der Waals surface area contributed by atoms with Crippen molar-refractivity contribution in [3.63, 3.8) is 0 Å². The fourth-order valence-corrected chi connectivity index (χ4v) is 8.42. The summed E-state index contributed by atoms with van der Waals surface area (Å²) in [4.78, 5) is 2.31. The quantitative estimate of drug-likeness (QED) is 0.176. The standard InChI is InChI=1S/C50H42N2O.C6H6.2C2H6/c1-34-29-41(37-16-5-4-6-17-37)31-42(30-34)51-28-14-13-15-35(2)44-32-39(24-26-47(44)51)40-25-27-49-45(33-40)43-20-9-11-22-48(43)52(49)46-21-10-7-18-38-19-8-12-23-50(38)53-36(46)3;1-2-4-6-5-3-1;2*1-2/h4-5,7-16,19-33,36H,2,6,17-18H2,1,3H3;1-6H;2*1-2H3/b10-7-,15-13-,28-14-,46-21+;;;. The van der Waals surface area contributed by atoms with Crippen LogP contribution in [0.25, 0.3) is 49.8 Å². The van der Waals surface area contributed by atoms with E-state index in [-0.39, 0.29) is 6.10 Å². The molecule has 0 amide bonds. The van der Waals surface area contributed by atoms with Gasteiger partial charge in [0.1, 0.15) is 11.9 Å². The van der Waals surface area contributed by atoms with E-state index in [0.717, 1.165) is 64.3 Å². The average Bonchev–Trinajstić information content (AvgIpc) is 3.69. The Labute approximate surface area is 375 Å². The van der Waals surface area contributed by atoms with Crippen molar-refractivity contribution >= 4 is 50.0 Å². The Morgan fingerprint density at radius 1 is 0.619 bits per heavy atom. The molecule has 3 aliphatic rings. The Kier molecular flexibility index (Phi) is 14.7. The van der Waals surface area contributed by atoms with Crippen molar-refractivity contribution in [1.29, 1.82) is 0 Å². The number of benzene rings is 6. The molecule has 0 saturated heterocycles. The summed E-state index contributed by atoms with van der Waals surface area (Å²) in [5.74, 6) is 0.937. The highest BCUT2D eigenvalue weighted by Gasteiger charge is 2.22. The molecule has 3 nitrogen and oxygen atoms in total. The lowest BCUT2D eigenvalue weighted by Gasteiger charge is -2.27. The number of anilines is 2. The first kappa shape index (κ1) is 44.0. The van der Waals surface area contributed by atoms with Gasteiger partial charge in [0.2, 0.25) is 0 Å². The van der Waals surface area contributed by atoms with Crippen molar-refractivity contribution in [3.8, 4) is 16.9 Å². The van der Waals surface area contributed by atoms with Crippen LogP contribution in [0.4, 0.5) is 11.4 Å². The van der Waals surface area contributed by atoms with Crippen LogP contribution in [0.15, 0.2) is 207 Å². The zero-order chi connectivity index (χ0) is 44.1. The molecule has 1 unspecified atom stereocenters. The normalized spacial score (nSPS) is 17.5. The van der Waals surface area contributed by atoms with Gasteiger partial charge in [0.15, 0.2) is 0 Å². The summed E-state index contributed by atoms with van der Waals surface area (Å²) in [5, 5.41) is 2.43. The summed E-state index contributed by atoms with van der Waals surface area (Å²) in [7, 11) is 0. The Morgan fingerprint density at radius 2 is 1.32 bits per heavy atom. The molecule has 3 heterocycles. The molecule has 2 aliphatic heterocycles. The number of para-hydroxylation sites is 2. The maximum absolute atomic E-state index is 6.65. The zero-order valence-electron chi connectivity index (χ0n) is 37.8. The highest BCUT2D eigenvalue weighted by Crippen LogP contribution is 2.41. The molecular weight excluding hydrogens is 765 g/mol. The molecule has 0 spiro atoms. The summed E-state index contributed by atoms with van der Waals surface area (Å²) in [5.41, 5.74) is 15.2. The first-order chi connectivity index (χ1) is 31.0. The molecule has 63 heavy (non-hydrogen) atoms. The number of hydrogen-bond donors (Lipinski definition) is 0. The highest BCUT2D eigenvalue weighted by molar-refractivity contribution is 6.11. The van der Waals surface area contributed by atoms with Gasteiger partial charge in [-0.3, -0.25) is 0 Å². The molecule has 1 atom stereocenters.